The van der Waals surface area contributed by atoms with Gasteiger partial charge in [0, 0.05) is 6.42 Å². The quantitative estimate of drug-likeness (QED) is 0.370. The van der Waals surface area contributed by atoms with Gasteiger partial charge in [-0.1, -0.05) is 30.9 Å². The Bertz CT molecular complexity index is 1350. The number of carbonyl (C=O) groups is 2. The average Bonchev–Trinajstić information content (AvgIpc) is 2.84. The van der Waals surface area contributed by atoms with Crippen molar-refractivity contribution in [3.63, 3.8) is 0 Å². The molecule has 6 N–H and O–H groups in total. The third-order valence-corrected chi connectivity index (χ3v) is 4.78. The molecule has 0 amide bonds. The van der Waals surface area contributed by atoms with E-state index in [1.54, 1.807) is 31.4 Å². The van der Waals surface area contributed by atoms with E-state index in [1.807, 2.05) is 25.1 Å². The Morgan fingerprint density at radius 2 is 1.65 bits per heavy atom. The summed E-state index contributed by atoms with van der Waals surface area (Å²) in [5.74, 6) is 3.58. The number of nitrogens with zero attached hydrogens (tertiary/aromatic N) is 2. The summed E-state index contributed by atoms with van der Waals surface area (Å²) in [5, 5.41) is 16.2. The van der Waals surface area contributed by atoms with Crippen molar-refractivity contribution in [2.24, 2.45) is 0 Å². The maximum absolute atomic E-state index is 11.1. The molecule has 12 heteroatoms. The summed E-state index contributed by atoms with van der Waals surface area (Å²) in [5.41, 5.74) is 15.9. The highest BCUT2D eigenvalue weighted by atomic mass is 19.4. The first-order valence-electron chi connectivity index (χ1n) is 10.6. The van der Waals surface area contributed by atoms with Gasteiger partial charge < -0.3 is 26.4 Å². The van der Waals surface area contributed by atoms with Gasteiger partial charge in [0.2, 0.25) is 5.95 Å². The topological polar surface area (TPSA) is 162 Å². The van der Waals surface area contributed by atoms with Crippen LogP contribution in [0.1, 0.15) is 34.1 Å². The number of aryl methyl sites for hydroxylation is 1. The van der Waals surface area contributed by atoms with Crippen LogP contribution >= 0.6 is 0 Å². The predicted octanol–water partition coefficient (Wildman–Crippen LogP) is 3.80. The van der Waals surface area contributed by atoms with Crippen molar-refractivity contribution in [1.29, 1.82) is 0 Å². The van der Waals surface area contributed by atoms with E-state index in [9.17, 15) is 18.0 Å². The molecule has 1 aromatic heterocycles. The van der Waals surface area contributed by atoms with E-state index < -0.39 is 18.1 Å². The van der Waals surface area contributed by atoms with Crippen LogP contribution in [0.3, 0.4) is 0 Å². The monoisotopic (exact) mass is 516 g/mol. The first-order valence-corrected chi connectivity index (χ1v) is 10.6. The van der Waals surface area contributed by atoms with Gasteiger partial charge in [0.1, 0.15) is 11.6 Å². The molecule has 0 aliphatic carbocycles. The first kappa shape index (κ1) is 28.4. The molecule has 2 aromatic carbocycles. The Hall–Kier alpha value is -4.79. The van der Waals surface area contributed by atoms with Crippen LogP contribution < -0.4 is 16.2 Å². The molecule has 0 aliphatic heterocycles. The molecule has 0 saturated heterocycles. The van der Waals surface area contributed by atoms with Crippen LogP contribution in [-0.2, 0) is 17.6 Å². The molecule has 0 bridgehead atoms. The van der Waals surface area contributed by atoms with Crippen molar-refractivity contribution in [2.45, 2.75) is 25.9 Å². The highest BCUT2D eigenvalue weighted by Crippen LogP contribution is 2.27. The average molecular weight is 516 g/mol. The molecule has 194 valence electrons. The van der Waals surface area contributed by atoms with E-state index >= 15 is 0 Å². The standard InChI is InChI=1S/C23H22N4O3.C2HF3O2/c1-3-20-19(21(24)27-23(25)26-20)6-4-5-14-11-17(13-18(12-14)30-2)15-7-9-16(10-8-15)22(28)29;3-2(4,5)1(6)7/h7-13H,3,5H2,1-2H3,(H,28,29)(H4,24,25,26,27);(H,6,7). The molecule has 1 heterocycles. The van der Waals surface area contributed by atoms with Gasteiger partial charge in [-0.15, -0.1) is 0 Å². The molecule has 0 spiro atoms. The molecule has 0 aliphatic rings. The molecular weight excluding hydrogens is 493 g/mol. The Morgan fingerprint density at radius 3 is 2.16 bits per heavy atom. The number of nitrogens with two attached hydrogens (primary N) is 2. The van der Waals surface area contributed by atoms with Crippen molar-refractivity contribution < 1.29 is 37.7 Å². The zero-order valence-electron chi connectivity index (χ0n) is 19.8. The Balaban J connectivity index is 0.000000604. The van der Waals surface area contributed by atoms with Gasteiger partial charge in [-0.05, 0) is 53.4 Å². The minimum absolute atomic E-state index is 0.140. The Kier molecular flexibility index (Phi) is 9.42. The second kappa shape index (κ2) is 12.3. The van der Waals surface area contributed by atoms with Crippen LogP contribution in [0.4, 0.5) is 24.9 Å². The smallest absolute Gasteiger partial charge is 0.490 e. The lowest BCUT2D eigenvalue weighted by Gasteiger charge is -2.08. The van der Waals surface area contributed by atoms with Crippen molar-refractivity contribution in [3.05, 3.63) is 64.8 Å². The summed E-state index contributed by atoms with van der Waals surface area (Å²) in [6, 6.07) is 12.5. The summed E-state index contributed by atoms with van der Waals surface area (Å²) in [6.45, 7) is 1.95. The molecule has 3 aromatic rings. The number of aliphatic carboxylic acids is 1. The minimum atomic E-state index is -5.08. The summed E-state index contributed by atoms with van der Waals surface area (Å²) < 4.78 is 37.2. The van der Waals surface area contributed by atoms with Crippen molar-refractivity contribution >= 4 is 23.7 Å². The number of halogens is 3. The van der Waals surface area contributed by atoms with Crippen LogP contribution in [0.5, 0.6) is 5.75 Å². The number of ether oxygens (including phenoxy) is 1. The van der Waals surface area contributed by atoms with E-state index in [4.69, 9.17) is 31.2 Å². The number of methoxy groups -OCH3 is 1. The molecular formula is C25H23F3N4O5. The number of alkyl halides is 3. The van der Waals surface area contributed by atoms with E-state index in [-0.39, 0.29) is 17.3 Å². The third-order valence-electron chi connectivity index (χ3n) is 4.78. The van der Waals surface area contributed by atoms with Crippen molar-refractivity contribution in [3.8, 4) is 28.7 Å². The van der Waals surface area contributed by atoms with Crippen LogP contribution in [0, 0.1) is 11.8 Å². The van der Waals surface area contributed by atoms with Crippen LogP contribution in [0.15, 0.2) is 42.5 Å². The zero-order valence-corrected chi connectivity index (χ0v) is 19.8. The molecule has 9 nitrogen and oxygen atoms in total. The number of hydrogen-bond donors (Lipinski definition) is 4. The molecule has 3 rings (SSSR count). The summed E-state index contributed by atoms with van der Waals surface area (Å²) in [6.07, 6.45) is -3.97. The lowest BCUT2D eigenvalue weighted by atomic mass is 10.00. The normalized spacial score (nSPS) is 10.4. The number of carboxylic acid groups (broad SMARTS) is 2. The summed E-state index contributed by atoms with van der Waals surface area (Å²) >= 11 is 0. The van der Waals surface area contributed by atoms with Crippen LogP contribution in [0.2, 0.25) is 0 Å². The van der Waals surface area contributed by atoms with Crippen molar-refractivity contribution in [1.82, 2.24) is 9.97 Å². The SMILES string of the molecule is CCc1nc(N)nc(N)c1C#CCc1cc(OC)cc(-c2ccc(C(=O)O)cc2)c1.O=C(O)C(F)(F)F. The number of aromatic carboxylic acids is 1. The fourth-order valence-electron chi connectivity index (χ4n) is 3.03. The highest BCUT2D eigenvalue weighted by Gasteiger charge is 2.38. The van der Waals surface area contributed by atoms with Crippen molar-refractivity contribution in [2.75, 3.05) is 18.6 Å². The number of aromatic nitrogens is 2. The molecule has 0 radical (unpaired) electrons. The second-order valence-electron chi connectivity index (χ2n) is 7.38. The van der Waals surface area contributed by atoms with Gasteiger partial charge >= 0.3 is 18.1 Å². The molecule has 0 unspecified atom stereocenters. The lowest BCUT2D eigenvalue weighted by molar-refractivity contribution is -0.192. The van der Waals surface area contributed by atoms with Gasteiger partial charge in [-0.25, -0.2) is 14.6 Å². The van der Waals surface area contributed by atoms with E-state index in [2.05, 4.69) is 21.8 Å². The molecule has 0 fully saturated rings. The van der Waals surface area contributed by atoms with Gasteiger partial charge in [-0.2, -0.15) is 18.2 Å². The number of rotatable bonds is 5. The van der Waals surface area contributed by atoms with E-state index in [0.29, 0.717) is 24.2 Å². The lowest BCUT2D eigenvalue weighted by Crippen LogP contribution is -2.21. The number of nitrogen functional groups attached to an aromatic ring is 2. The Labute approximate surface area is 209 Å². The summed E-state index contributed by atoms with van der Waals surface area (Å²) in [4.78, 5) is 28.2. The fourth-order valence-corrected chi connectivity index (χ4v) is 3.03. The fraction of sp³-hybridized carbons (Fsp3) is 0.200. The molecule has 0 atom stereocenters. The summed E-state index contributed by atoms with van der Waals surface area (Å²) in [7, 11) is 1.60. The highest BCUT2D eigenvalue weighted by molar-refractivity contribution is 5.88. The minimum Gasteiger partial charge on any atom is -0.497 e. The van der Waals surface area contributed by atoms with Gasteiger partial charge in [0.05, 0.1) is 23.9 Å². The van der Waals surface area contributed by atoms with E-state index in [1.165, 1.54) is 0 Å². The van der Waals surface area contributed by atoms with E-state index in [0.717, 1.165) is 22.4 Å². The Morgan fingerprint density at radius 1 is 1.03 bits per heavy atom. The van der Waals surface area contributed by atoms with Gasteiger partial charge in [0.15, 0.2) is 0 Å². The third kappa shape index (κ3) is 8.14. The van der Waals surface area contributed by atoms with Crippen LogP contribution in [-0.4, -0.2) is 45.4 Å². The van der Waals surface area contributed by atoms with Crippen LogP contribution in [0.25, 0.3) is 11.1 Å². The largest absolute Gasteiger partial charge is 0.497 e. The zero-order chi connectivity index (χ0) is 27.8. The number of carboxylic acids is 2. The van der Waals surface area contributed by atoms with Gasteiger partial charge in [-0.3, -0.25) is 0 Å². The maximum Gasteiger partial charge on any atom is 0.490 e. The van der Waals surface area contributed by atoms with Gasteiger partial charge in [0.25, 0.3) is 0 Å². The second-order valence-corrected chi connectivity index (χ2v) is 7.38. The maximum atomic E-state index is 11.1. The number of anilines is 2. The molecule has 0 saturated carbocycles. The molecule has 37 heavy (non-hydrogen) atoms. The first-order chi connectivity index (χ1) is 17.3. The number of hydrogen-bond acceptors (Lipinski definition) is 7. The number of benzene rings is 2. The predicted molar refractivity (Wildman–Crippen MR) is 130 cm³/mol.